The summed E-state index contributed by atoms with van der Waals surface area (Å²) in [6, 6.07) is 8.35. The van der Waals surface area contributed by atoms with Gasteiger partial charge in [0.2, 0.25) is 5.91 Å². The van der Waals surface area contributed by atoms with Gasteiger partial charge in [-0.1, -0.05) is 12.1 Å². The molecular weight excluding hydrogens is 511 g/mol. The Morgan fingerprint density at radius 2 is 1.85 bits per heavy atom. The van der Waals surface area contributed by atoms with Gasteiger partial charge in [-0.25, -0.2) is 4.98 Å². The molecule has 2 aromatic rings. The third-order valence-electron chi connectivity index (χ3n) is 8.21. The molecule has 2 saturated heterocycles. The molecule has 11 heteroatoms. The van der Waals surface area contributed by atoms with Gasteiger partial charge in [0.25, 0.3) is 5.91 Å². The number of amides is 2. The number of anilines is 1. The maximum atomic E-state index is 12.9. The number of pyridine rings is 1. The number of rotatable bonds is 7. The van der Waals surface area contributed by atoms with Crippen LogP contribution < -0.4 is 15.5 Å². The number of hydrogen-bond acceptors (Lipinski definition) is 6. The van der Waals surface area contributed by atoms with Gasteiger partial charge < -0.3 is 20.6 Å². The van der Waals surface area contributed by atoms with Crippen LogP contribution in [0.1, 0.15) is 60.0 Å². The Kier molecular flexibility index (Phi) is 7.82. The lowest BCUT2D eigenvalue weighted by Gasteiger charge is -2.40. The molecule has 2 aliphatic heterocycles. The number of benzene rings is 1. The van der Waals surface area contributed by atoms with Crippen molar-refractivity contribution in [2.24, 2.45) is 0 Å². The highest BCUT2D eigenvalue weighted by Gasteiger charge is 2.39. The first-order chi connectivity index (χ1) is 18.6. The number of alkyl halides is 3. The molecule has 1 aromatic carbocycles. The van der Waals surface area contributed by atoms with E-state index in [0.717, 1.165) is 68.5 Å². The van der Waals surface area contributed by atoms with Gasteiger partial charge in [-0.3, -0.25) is 14.5 Å². The molecule has 1 aliphatic carbocycles. The summed E-state index contributed by atoms with van der Waals surface area (Å²) in [5, 5.41) is 16.6. The summed E-state index contributed by atoms with van der Waals surface area (Å²) in [5.74, 6) is -0.151. The molecular formula is C28H34F3N5O3. The van der Waals surface area contributed by atoms with E-state index in [1.807, 2.05) is 12.1 Å². The van der Waals surface area contributed by atoms with Crippen LogP contribution in [0.15, 0.2) is 42.6 Å². The fourth-order valence-corrected chi connectivity index (χ4v) is 5.74. The molecule has 8 nitrogen and oxygen atoms in total. The van der Waals surface area contributed by atoms with Gasteiger partial charge in [0.1, 0.15) is 5.82 Å². The minimum atomic E-state index is -4.55. The molecule has 1 unspecified atom stereocenters. The Labute approximate surface area is 225 Å². The molecule has 3 fully saturated rings. The molecule has 0 spiro atoms. The molecule has 1 saturated carbocycles. The third kappa shape index (κ3) is 6.36. The number of aliphatic hydroxyl groups is 1. The van der Waals surface area contributed by atoms with Gasteiger partial charge in [0, 0.05) is 55.6 Å². The first-order valence-corrected chi connectivity index (χ1v) is 13.5. The minimum absolute atomic E-state index is 0.0676. The summed E-state index contributed by atoms with van der Waals surface area (Å²) >= 11 is 0. The second kappa shape index (κ2) is 11.1. The summed E-state index contributed by atoms with van der Waals surface area (Å²) in [6.07, 6.45) is 2.22. The third-order valence-corrected chi connectivity index (χ3v) is 8.21. The van der Waals surface area contributed by atoms with E-state index in [1.165, 1.54) is 12.5 Å². The van der Waals surface area contributed by atoms with Crippen LogP contribution in [0.25, 0.3) is 0 Å². The Hall–Kier alpha value is -3.18. The SMILES string of the molecule is O=C(CNC(=O)c1cccc(C(F)(F)F)c1)NC1CCN(C2CCC(O)(c3ccc(N4CCC4)nc3)CC2)C1. The zero-order chi connectivity index (χ0) is 27.6. The van der Waals surface area contributed by atoms with Crippen molar-refractivity contribution in [3.63, 3.8) is 0 Å². The van der Waals surface area contributed by atoms with E-state index in [2.05, 4.69) is 25.4 Å². The molecule has 0 radical (unpaired) electrons. The van der Waals surface area contributed by atoms with Crippen LogP contribution in [0.4, 0.5) is 19.0 Å². The second-order valence-corrected chi connectivity index (χ2v) is 10.8. The van der Waals surface area contributed by atoms with Crippen LogP contribution in [0.3, 0.4) is 0 Å². The fraction of sp³-hybridized carbons (Fsp3) is 0.536. The van der Waals surface area contributed by atoms with Crippen molar-refractivity contribution >= 4 is 17.6 Å². The Balaban J connectivity index is 1.05. The summed E-state index contributed by atoms with van der Waals surface area (Å²) < 4.78 is 38.7. The lowest BCUT2D eigenvalue weighted by molar-refractivity contribution is -0.137. The summed E-state index contributed by atoms with van der Waals surface area (Å²) in [7, 11) is 0. The smallest absolute Gasteiger partial charge is 0.385 e. The molecule has 1 aromatic heterocycles. The van der Waals surface area contributed by atoms with Gasteiger partial charge in [-0.15, -0.1) is 0 Å². The number of halogens is 3. The first kappa shape index (κ1) is 27.4. The van der Waals surface area contributed by atoms with E-state index in [-0.39, 0.29) is 24.1 Å². The molecule has 1 atom stereocenters. The number of likely N-dealkylation sites (tertiary alicyclic amines) is 1. The minimum Gasteiger partial charge on any atom is -0.385 e. The standard InChI is InChI=1S/C28H34F3N5O3/c29-28(30,31)20-4-1-3-19(15-20)26(38)33-17-25(37)34-22-9-14-36(18-22)23-7-10-27(39,11-8-23)21-5-6-24(32-16-21)35-12-2-13-35/h1,3-6,15-16,22-23,39H,2,7-14,17-18H2,(H,33,38)(H,34,37). The van der Waals surface area contributed by atoms with Crippen LogP contribution in [0, 0.1) is 0 Å². The monoisotopic (exact) mass is 545 g/mol. The van der Waals surface area contributed by atoms with Crippen molar-refractivity contribution in [2.45, 2.75) is 62.4 Å². The van der Waals surface area contributed by atoms with Crippen molar-refractivity contribution < 1.29 is 27.9 Å². The van der Waals surface area contributed by atoms with Crippen molar-refractivity contribution in [1.82, 2.24) is 20.5 Å². The number of hydrogen-bond donors (Lipinski definition) is 3. The molecule has 3 N–H and O–H groups in total. The average Bonchev–Trinajstić information content (AvgIpc) is 3.35. The Bertz CT molecular complexity index is 1180. The van der Waals surface area contributed by atoms with Crippen LogP contribution >= 0.6 is 0 Å². The van der Waals surface area contributed by atoms with E-state index >= 15 is 0 Å². The molecule has 39 heavy (non-hydrogen) atoms. The average molecular weight is 546 g/mol. The number of carbonyl (C=O) groups excluding carboxylic acids is 2. The summed E-state index contributed by atoms with van der Waals surface area (Å²) in [5.41, 5.74) is -1.07. The van der Waals surface area contributed by atoms with E-state index in [4.69, 9.17) is 0 Å². The maximum absolute atomic E-state index is 12.9. The van der Waals surface area contributed by atoms with Crippen LogP contribution in [-0.2, 0) is 16.6 Å². The lowest BCUT2D eigenvalue weighted by atomic mass is 9.78. The first-order valence-electron chi connectivity index (χ1n) is 13.5. The van der Waals surface area contributed by atoms with Crippen molar-refractivity contribution in [3.8, 4) is 0 Å². The van der Waals surface area contributed by atoms with E-state index in [1.54, 1.807) is 6.20 Å². The quantitative estimate of drug-likeness (QED) is 0.495. The number of nitrogens with zero attached hydrogens (tertiary/aromatic N) is 3. The van der Waals surface area contributed by atoms with Crippen LogP contribution in [0.5, 0.6) is 0 Å². The zero-order valence-corrected chi connectivity index (χ0v) is 21.7. The van der Waals surface area contributed by atoms with Gasteiger partial charge in [-0.05, 0) is 62.8 Å². The summed E-state index contributed by atoms with van der Waals surface area (Å²) in [4.78, 5) is 33.8. The van der Waals surface area contributed by atoms with Gasteiger partial charge in [0.15, 0.2) is 0 Å². The van der Waals surface area contributed by atoms with Crippen molar-refractivity contribution in [1.29, 1.82) is 0 Å². The molecule has 210 valence electrons. The van der Waals surface area contributed by atoms with Gasteiger partial charge >= 0.3 is 6.18 Å². The van der Waals surface area contributed by atoms with E-state index in [0.29, 0.717) is 25.4 Å². The highest BCUT2D eigenvalue weighted by molar-refractivity contribution is 5.96. The largest absolute Gasteiger partial charge is 0.416 e. The van der Waals surface area contributed by atoms with E-state index < -0.39 is 23.2 Å². The second-order valence-electron chi connectivity index (χ2n) is 10.8. The number of carbonyl (C=O) groups is 2. The van der Waals surface area contributed by atoms with Crippen LogP contribution in [-0.4, -0.2) is 71.6 Å². The van der Waals surface area contributed by atoms with Gasteiger partial charge in [-0.2, -0.15) is 13.2 Å². The maximum Gasteiger partial charge on any atom is 0.416 e. The molecule has 5 rings (SSSR count). The van der Waals surface area contributed by atoms with Gasteiger partial charge in [0.05, 0.1) is 17.7 Å². The topological polar surface area (TPSA) is 97.8 Å². The predicted octanol–water partition coefficient (Wildman–Crippen LogP) is 3.06. The molecule has 2 amide bonds. The highest BCUT2D eigenvalue weighted by Crippen LogP contribution is 2.39. The highest BCUT2D eigenvalue weighted by atomic mass is 19.4. The molecule has 3 aliphatic rings. The summed E-state index contributed by atoms with van der Waals surface area (Å²) in [6.45, 7) is 3.26. The normalized spacial score (nSPS) is 25.7. The number of nitrogens with one attached hydrogen (secondary N) is 2. The van der Waals surface area contributed by atoms with E-state index in [9.17, 15) is 27.9 Å². The molecule has 3 heterocycles. The van der Waals surface area contributed by atoms with Crippen molar-refractivity contribution in [3.05, 3.63) is 59.3 Å². The van der Waals surface area contributed by atoms with Crippen LogP contribution in [0.2, 0.25) is 0 Å². The fourth-order valence-electron chi connectivity index (χ4n) is 5.74. The molecule has 0 bridgehead atoms. The van der Waals surface area contributed by atoms with Crippen molar-refractivity contribution in [2.75, 3.05) is 37.6 Å². The predicted molar refractivity (Wildman–Crippen MR) is 139 cm³/mol. The Morgan fingerprint density at radius 1 is 1.08 bits per heavy atom. The lowest BCUT2D eigenvalue weighted by Crippen LogP contribution is -2.45. The number of aromatic nitrogens is 1. The zero-order valence-electron chi connectivity index (χ0n) is 21.7. The Morgan fingerprint density at radius 3 is 2.49 bits per heavy atom.